The Hall–Kier alpha value is -0.0800. The molecule has 0 spiro atoms. The number of aliphatic hydroxyl groups is 1. The molecule has 2 atom stereocenters. The molecular formula is C8H19NO. The predicted molar refractivity (Wildman–Crippen MR) is 43.8 cm³/mol. The van der Waals surface area contributed by atoms with Crippen molar-refractivity contribution in [3.63, 3.8) is 0 Å². The lowest BCUT2D eigenvalue weighted by Gasteiger charge is -2.29. The fraction of sp³-hybridized carbons (Fsp3) is 1.00. The average Bonchev–Trinajstić information content (AvgIpc) is 1.86. The molecule has 0 radical (unpaired) electrons. The maximum atomic E-state index is 9.39. The first-order valence-corrected chi connectivity index (χ1v) is 4.01. The third kappa shape index (κ3) is 2.67. The lowest BCUT2D eigenvalue weighted by Crippen LogP contribution is -2.47. The monoisotopic (exact) mass is 145 g/mol. The van der Waals surface area contributed by atoms with E-state index in [1.54, 1.807) is 0 Å². The molecule has 10 heavy (non-hydrogen) atoms. The second-order valence-corrected chi connectivity index (χ2v) is 3.18. The van der Waals surface area contributed by atoms with Crippen molar-refractivity contribution in [1.29, 1.82) is 0 Å². The molecule has 3 N–H and O–H groups in total. The van der Waals surface area contributed by atoms with Crippen LogP contribution in [0.25, 0.3) is 0 Å². The molecule has 62 valence electrons. The minimum Gasteiger partial charge on any atom is -0.391 e. The zero-order valence-electron chi connectivity index (χ0n) is 7.22. The minimum atomic E-state index is -0.385. The van der Waals surface area contributed by atoms with Crippen LogP contribution in [0.5, 0.6) is 0 Å². The molecular weight excluding hydrogens is 126 g/mol. The first kappa shape index (κ1) is 9.92. The zero-order valence-corrected chi connectivity index (χ0v) is 7.22. The van der Waals surface area contributed by atoms with Gasteiger partial charge in [0, 0.05) is 5.54 Å². The van der Waals surface area contributed by atoms with Gasteiger partial charge in [0.05, 0.1) is 6.10 Å². The lowest BCUT2D eigenvalue weighted by molar-refractivity contribution is 0.0846. The Kier molecular flexibility index (Phi) is 3.91. The van der Waals surface area contributed by atoms with Gasteiger partial charge in [-0.1, -0.05) is 20.3 Å². The van der Waals surface area contributed by atoms with Gasteiger partial charge < -0.3 is 10.8 Å². The second-order valence-electron chi connectivity index (χ2n) is 3.18. The summed E-state index contributed by atoms with van der Waals surface area (Å²) in [5.74, 6) is 0. The fourth-order valence-corrected chi connectivity index (χ4v) is 1.17. The maximum Gasteiger partial charge on any atom is 0.0714 e. The van der Waals surface area contributed by atoms with Crippen molar-refractivity contribution < 1.29 is 5.11 Å². The van der Waals surface area contributed by atoms with E-state index in [9.17, 15) is 5.11 Å². The summed E-state index contributed by atoms with van der Waals surface area (Å²) in [6.45, 7) is 5.93. The van der Waals surface area contributed by atoms with E-state index in [2.05, 4.69) is 6.92 Å². The molecule has 2 heteroatoms. The van der Waals surface area contributed by atoms with Gasteiger partial charge in [0.15, 0.2) is 0 Å². The van der Waals surface area contributed by atoms with E-state index in [0.29, 0.717) is 0 Å². The molecule has 0 heterocycles. The van der Waals surface area contributed by atoms with Crippen molar-refractivity contribution in [2.45, 2.75) is 51.7 Å². The SMILES string of the molecule is CCC[C@](C)(N)[C@@H](O)CC. The molecule has 0 saturated carbocycles. The molecule has 0 fully saturated rings. The number of rotatable bonds is 4. The summed E-state index contributed by atoms with van der Waals surface area (Å²) >= 11 is 0. The normalized spacial score (nSPS) is 20.1. The van der Waals surface area contributed by atoms with Crippen LogP contribution in [-0.2, 0) is 0 Å². The van der Waals surface area contributed by atoms with Crippen molar-refractivity contribution in [2.24, 2.45) is 5.73 Å². The zero-order chi connectivity index (χ0) is 8.20. The standard InChI is InChI=1S/C8H19NO/c1-4-6-8(3,9)7(10)5-2/h7,10H,4-6,9H2,1-3H3/t7-,8-/m0/s1. The number of hydrogen-bond donors (Lipinski definition) is 2. The van der Waals surface area contributed by atoms with Crippen molar-refractivity contribution in [1.82, 2.24) is 0 Å². The summed E-state index contributed by atoms with van der Waals surface area (Å²) in [7, 11) is 0. The van der Waals surface area contributed by atoms with Gasteiger partial charge in [-0.2, -0.15) is 0 Å². The second kappa shape index (κ2) is 3.94. The van der Waals surface area contributed by atoms with Crippen LogP contribution in [0.2, 0.25) is 0 Å². The van der Waals surface area contributed by atoms with Crippen LogP contribution in [0.3, 0.4) is 0 Å². The summed E-state index contributed by atoms with van der Waals surface area (Å²) in [6.07, 6.45) is 2.31. The van der Waals surface area contributed by atoms with Crippen LogP contribution >= 0.6 is 0 Å². The van der Waals surface area contributed by atoms with Gasteiger partial charge in [-0.3, -0.25) is 0 Å². The largest absolute Gasteiger partial charge is 0.391 e. The summed E-state index contributed by atoms with van der Waals surface area (Å²) in [4.78, 5) is 0. The topological polar surface area (TPSA) is 46.2 Å². The van der Waals surface area contributed by atoms with E-state index in [1.807, 2.05) is 13.8 Å². The van der Waals surface area contributed by atoms with Gasteiger partial charge in [0.1, 0.15) is 0 Å². The van der Waals surface area contributed by atoms with Crippen LogP contribution in [0.4, 0.5) is 0 Å². The Morgan fingerprint density at radius 1 is 1.50 bits per heavy atom. The number of nitrogens with two attached hydrogens (primary N) is 1. The van der Waals surface area contributed by atoms with Gasteiger partial charge in [-0.15, -0.1) is 0 Å². The maximum absolute atomic E-state index is 9.39. The minimum absolute atomic E-state index is 0.354. The molecule has 0 aromatic rings. The summed E-state index contributed by atoms with van der Waals surface area (Å²) in [5.41, 5.74) is 5.45. The quantitative estimate of drug-likeness (QED) is 0.626. The van der Waals surface area contributed by atoms with Crippen molar-refractivity contribution in [3.05, 3.63) is 0 Å². The summed E-state index contributed by atoms with van der Waals surface area (Å²) in [6, 6.07) is 0. The van der Waals surface area contributed by atoms with E-state index >= 15 is 0 Å². The Bertz CT molecular complexity index is 91.3. The average molecular weight is 145 g/mol. The molecule has 0 saturated heterocycles. The number of hydrogen-bond acceptors (Lipinski definition) is 2. The summed E-state index contributed by atoms with van der Waals surface area (Å²) < 4.78 is 0. The highest BCUT2D eigenvalue weighted by atomic mass is 16.3. The predicted octanol–water partition coefficient (Wildman–Crippen LogP) is 1.27. The summed E-state index contributed by atoms with van der Waals surface area (Å²) in [5, 5.41) is 9.39. The fourth-order valence-electron chi connectivity index (χ4n) is 1.17. The molecule has 0 aromatic heterocycles. The van der Waals surface area contributed by atoms with E-state index in [-0.39, 0.29) is 11.6 Å². The Morgan fingerprint density at radius 2 is 2.00 bits per heavy atom. The number of aliphatic hydroxyl groups excluding tert-OH is 1. The first-order valence-electron chi connectivity index (χ1n) is 4.01. The third-order valence-electron chi connectivity index (χ3n) is 1.94. The molecule has 0 rings (SSSR count). The highest BCUT2D eigenvalue weighted by molar-refractivity contribution is 4.85. The van der Waals surface area contributed by atoms with Crippen LogP contribution in [0.15, 0.2) is 0 Å². The molecule has 0 aliphatic rings. The Morgan fingerprint density at radius 3 is 2.30 bits per heavy atom. The molecule has 0 aliphatic carbocycles. The smallest absolute Gasteiger partial charge is 0.0714 e. The molecule has 0 bridgehead atoms. The van der Waals surface area contributed by atoms with E-state index in [0.717, 1.165) is 19.3 Å². The molecule has 0 unspecified atom stereocenters. The van der Waals surface area contributed by atoms with Crippen LogP contribution < -0.4 is 5.73 Å². The van der Waals surface area contributed by atoms with Crippen molar-refractivity contribution >= 4 is 0 Å². The molecule has 0 aromatic carbocycles. The van der Waals surface area contributed by atoms with Gasteiger partial charge in [0.2, 0.25) is 0 Å². The van der Waals surface area contributed by atoms with Gasteiger partial charge in [-0.25, -0.2) is 0 Å². The van der Waals surface area contributed by atoms with E-state index < -0.39 is 0 Å². The van der Waals surface area contributed by atoms with Crippen LogP contribution in [0.1, 0.15) is 40.0 Å². The van der Waals surface area contributed by atoms with Gasteiger partial charge >= 0.3 is 0 Å². The van der Waals surface area contributed by atoms with Crippen LogP contribution in [-0.4, -0.2) is 16.7 Å². The van der Waals surface area contributed by atoms with E-state index in [1.165, 1.54) is 0 Å². The third-order valence-corrected chi connectivity index (χ3v) is 1.94. The van der Waals surface area contributed by atoms with E-state index in [4.69, 9.17) is 5.73 Å². The van der Waals surface area contributed by atoms with Crippen molar-refractivity contribution in [2.75, 3.05) is 0 Å². The Balaban J connectivity index is 3.82. The molecule has 0 aliphatic heterocycles. The van der Waals surface area contributed by atoms with Crippen molar-refractivity contribution in [3.8, 4) is 0 Å². The Labute approximate surface area is 63.4 Å². The highest BCUT2D eigenvalue weighted by Crippen LogP contribution is 2.15. The molecule has 0 amide bonds. The van der Waals surface area contributed by atoms with Gasteiger partial charge in [0.25, 0.3) is 0 Å². The first-order chi connectivity index (χ1) is 4.54. The highest BCUT2D eigenvalue weighted by Gasteiger charge is 2.25. The molecule has 2 nitrogen and oxygen atoms in total. The lowest BCUT2D eigenvalue weighted by atomic mass is 9.89. The van der Waals surface area contributed by atoms with Gasteiger partial charge in [-0.05, 0) is 19.8 Å². The van der Waals surface area contributed by atoms with Crippen LogP contribution in [0, 0.1) is 0 Å².